The molecule has 7 heteroatoms. The summed E-state index contributed by atoms with van der Waals surface area (Å²) >= 11 is 0. The zero-order chi connectivity index (χ0) is 9.62. The Bertz CT molecular complexity index is 257. The summed E-state index contributed by atoms with van der Waals surface area (Å²) in [4.78, 5) is 0. The third-order valence-corrected chi connectivity index (χ3v) is 0.967. The standard InChI is InChI=1S/C5F6O/c6-3(5(10,11)12-3)1-2-4(7,8)9. The average Bonchev–Trinajstić information content (AvgIpc) is 2.28. The van der Waals surface area contributed by atoms with E-state index in [2.05, 4.69) is 4.74 Å². The van der Waals surface area contributed by atoms with Gasteiger partial charge in [-0.1, -0.05) is 0 Å². The van der Waals surface area contributed by atoms with E-state index in [1.54, 1.807) is 0 Å². The Morgan fingerprint density at radius 1 is 1.08 bits per heavy atom. The molecule has 1 unspecified atom stereocenters. The second kappa shape index (κ2) is 2.07. The Labute approximate surface area is 62.3 Å². The largest absolute Gasteiger partial charge is 0.457 e. The molecule has 12 heavy (non-hydrogen) atoms. The minimum atomic E-state index is -5.00. The highest BCUT2D eigenvalue weighted by atomic mass is 19.4. The van der Waals surface area contributed by atoms with Gasteiger partial charge in [0, 0.05) is 5.92 Å². The molecule has 0 radical (unpaired) electrons. The minimum absolute atomic E-state index is 0.350. The molecule has 0 N–H and O–H groups in total. The first-order valence-electron chi connectivity index (χ1n) is 2.54. The average molecular weight is 190 g/mol. The zero-order valence-corrected chi connectivity index (χ0v) is 5.18. The van der Waals surface area contributed by atoms with Gasteiger partial charge in [-0.25, -0.2) is 0 Å². The van der Waals surface area contributed by atoms with Crippen LogP contribution in [0, 0.1) is 11.8 Å². The van der Waals surface area contributed by atoms with Crippen molar-refractivity contribution >= 4 is 0 Å². The summed E-state index contributed by atoms with van der Waals surface area (Å²) in [6.07, 6.45) is -9.22. The quantitative estimate of drug-likeness (QED) is 0.322. The van der Waals surface area contributed by atoms with E-state index in [1.807, 2.05) is 0 Å². The maximum atomic E-state index is 12.2. The van der Waals surface area contributed by atoms with Crippen molar-refractivity contribution in [3.8, 4) is 11.8 Å². The Kier molecular flexibility index (Phi) is 1.59. The molecule has 0 aromatic rings. The second-order valence-corrected chi connectivity index (χ2v) is 1.96. The number of alkyl halides is 6. The Morgan fingerprint density at radius 3 is 1.75 bits per heavy atom. The molecule has 0 aliphatic carbocycles. The van der Waals surface area contributed by atoms with E-state index in [-0.39, 0.29) is 0 Å². The highest BCUT2D eigenvalue weighted by molar-refractivity contribution is 5.22. The number of halogens is 6. The van der Waals surface area contributed by atoms with Crippen molar-refractivity contribution < 1.29 is 31.1 Å². The van der Waals surface area contributed by atoms with Gasteiger partial charge in [0.15, 0.2) is 0 Å². The van der Waals surface area contributed by atoms with Crippen molar-refractivity contribution in [3.63, 3.8) is 0 Å². The molecule has 1 aliphatic rings. The van der Waals surface area contributed by atoms with Gasteiger partial charge < -0.3 is 0 Å². The zero-order valence-electron chi connectivity index (χ0n) is 5.18. The van der Waals surface area contributed by atoms with E-state index in [1.165, 1.54) is 0 Å². The van der Waals surface area contributed by atoms with Gasteiger partial charge in [-0.15, -0.1) is 0 Å². The number of hydrogen-bond donors (Lipinski definition) is 0. The van der Waals surface area contributed by atoms with Crippen LogP contribution in [0.5, 0.6) is 0 Å². The fourth-order valence-electron chi connectivity index (χ4n) is 0.401. The first-order valence-corrected chi connectivity index (χ1v) is 2.54. The Hall–Kier alpha value is -0.900. The van der Waals surface area contributed by atoms with Crippen LogP contribution in [0.2, 0.25) is 0 Å². The third-order valence-electron chi connectivity index (χ3n) is 0.967. The molecule has 0 bridgehead atoms. The lowest BCUT2D eigenvalue weighted by molar-refractivity contribution is -0.0701. The molecule has 1 aliphatic heterocycles. The van der Waals surface area contributed by atoms with Crippen molar-refractivity contribution in [2.24, 2.45) is 0 Å². The molecule has 0 amide bonds. The van der Waals surface area contributed by atoms with E-state index < -0.39 is 18.1 Å². The summed E-state index contributed by atoms with van der Waals surface area (Å²) in [6.45, 7) is 0. The van der Waals surface area contributed by atoms with Crippen molar-refractivity contribution in [1.29, 1.82) is 0 Å². The fourth-order valence-corrected chi connectivity index (χ4v) is 0.401. The van der Waals surface area contributed by atoms with Crippen LogP contribution in [0.25, 0.3) is 0 Å². The minimum Gasteiger partial charge on any atom is -0.259 e. The van der Waals surface area contributed by atoms with Crippen molar-refractivity contribution in [3.05, 3.63) is 0 Å². The van der Waals surface area contributed by atoms with Crippen LogP contribution in [0.3, 0.4) is 0 Å². The molecule has 1 fully saturated rings. The molecular formula is C5F6O. The van der Waals surface area contributed by atoms with Gasteiger partial charge in [0.1, 0.15) is 0 Å². The third kappa shape index (κ3) is 1.64. The molecule has 0 spiro atoms. The van der Waals surface area contributed by atoms with Gasteiger partial charge in [-0.3, -0.25) is 4.74 Å². The van der Waals surface area contributed by atoms with Crippen molar-refractivity contribution in [2.75, 3.05) is 0 Å². The molecule has 68 valence electrons. The summed E-state index contributed by atoms with van der Waals surface area (Å²) in [5, 5.41) is 0. The van der Waals surface area contributed by atoms with Crippen molar-refractivity contribution in [1.82, 2.24) is 0 Å². The molecule has 1 rings (SSSR count). The smallest absolute Gasteiger partial charge is 0.259 e. The molecule has 1 saturated heterocycles. The SMILES string of the molecule is FC(F)(F)C#CC1(F)OC1(F)F. The van der Waals surface area contributed by atoms with Gasteiger partial charge in [-0.2, -0.15) is 26.3 Å². The Balaban J connectivity index is 2.70. The molecule has 1 heterocycles. The number of hydrogen-bond acceptors (Lipinski definition) is 1. The lowest BCUT2D eigenvalue weighted by Crippen LogP contribution is -2.11. The highest BCUT2D eigenvalue weighted by Gasteiger charge is 2.77. The summed E-state index contributed by atoms with van der Waals surface area (Å²) in [5.74, 6) is -2.76. The van der Waals surface area contributed by atoms with Crippen LogP contribution in [0.15, 0.2) is 0 Å². The van der Waals surface area contributed by atoms with Crippen LogP contribution >= 0.6 is 0 Å². The van der Waals surface area contributed by atoms with Crippen LogP contribution in [0.1, 0.15) is 0 Å². The van der Waals surface area contributed by atoms with Crippen molar-refractivity contribution in [2.45, 2.75) is 18.1 Å². The predicted octanol–water partition coefficient (Wildman–Crippen LogP) is 1.84. The lowest BCUT2D eigenvalue weighted by Gasteiger charge is -1.92. The van der Waals surface area contributed by atoms with Crippen LogP contribution in [0.4, 0.5) is 26.3 Å². The molecule has 0 aromatic carbocycles. The first kappa shape index (κ1) is 9.19. The first-order chi connectivity index (χ1) is 5.16. The summed E-state index contributed by atoms with van der Waals surface area (Å²) in [5.41, 5.74) is 0. The maximum Gasteiger partial charge on any atom is 0.457 e. The van der Waals surface area contributed by atoms with Gasteiger partial charge >= 0.3 is 18.1 Å². The van der Waals surface area contributed by atoms with Gasteiger partial charge in [0.25, 0.3) is 0 Å². The normalized spacial score (nSPS) is 32.2. The van der Waals surface area contributed by atoms with Crippen LogP contribution in [-0.4, -0.2) is 18.1 Å². The fraction of sp³-hybridized carbons (Fsp3) is 0.600. The topological polar surface area (TPSA) is 12.5 Å². The van der Waals surface area contributed by atoms with Crippen LogP contribution < -0.4 is 0 Å². The van der Waals surface area contributed by atoms with E-state index in [0.29, 0.717) is 11.8 Å². The summed E-state index contributed by atoms with van der Waals surface area (Å²) < 4.78 is 72.2. The number of epoxide rings is 1. The number of rotatable bonds is 0. The summed E-state index contributed by atoms with van der Waals surface area (Å²) in [6, 6.07) is 0. The monoisotopic (exact) mass is 190 g/mol. The molecule has 1 atom stereocenters. The second-order valence-electron chi connectivity index (χ2n) is 1.96. The molecule has 0 aromatic heterocycles. The lowest BCUT2D eigenvalue weighted by atomic mass is 10.4. The summed E-state index contributed by atoms with van der Waals surface area (Å²) in [7, 11) is 0. The molecule has 1 nitrogen and oxygen atoms in total. The maximum absolute atomic E-state index is 12.2. The van der Waals surface area contributed by atoms with E-state index >= 15 is 0 Å². The van der Waals surface area contributed by atoms with E-state index in [9.17, 15) is 26.3 Å². The highest BCUT2D eigenvalue weighted by Crippen LogP contribution is 2.51. The van der Waals surface area contributed by atoms with Crippen LogP contribution in [-0.2, 0) is 4.74 Å². The van der Waals surface area contributed by atoms with Gasteiger partial charge in [-0.05, 0) is 5.92 Å². The molecular weight excluding hydrogens is 190 g/mol. The Morgan fingerprint density at radius 2 is 1.50 bits per heavy atom. The van der Waals surface area contributed by atoms with E-state index in [0.717, 1.165) is 0 Å². The predicted molar refractivity (Wildman–Crippen MR) is 23.7 cm³/mol. The molecule has 0 saturated carbocycles. The van der Waals surface area contributed by atoms with Gasteiger partial charge in [0.2, 0.25) is 0 Å². The van der Waals surface area contributed by atoms with E-state index in [4.69, 9.17) is 0 Å². The number of ether oxygens (including phenoxy) is 1. The van der Waals surface area contributed by atoms with Gasteiger partial charge in [0.05, 0.1) is 0 Å².